The van der Waals surface area contributed by atoms with Crippen LogP contribution in [0.5, 0.6) is 11.5 Å². The predicted molar refractivity (Wildman–Crippen MR) is 174 cm³/mol. The molecule has 0 aromatic heterocycles. The highest BCUT2D eigenvalue weighted by Crippen LogP contribution is 2.35. The number of carbonyl (C=O) groups excluding carboxylic acids is 2. The standard InChI is InChI=1S/C30H28Br4N2O4/c31-21-7-9-23-19(15-21)5-11-25(29(23)33)39-17-27(37)35-13-3-1-2-4-14-36-28(38)18-40-26-12-6-20-16-22(32)8-10-24(20)30(26)34/h5-12,15-16H,1-4,13-14,17-18H2,(H,35,37)(H,36,38). The van der Waals surface area contributed by atoms with Gasteiger partial charge in [0.1, 0.15) is 11.5 Å². The van der Waals surface area contributed by atoms with Crippen molar-refractivity contribution >= 4 is 97.1 Å². The molecule has 2 N–H and O–H groups in total. The van der Waals surface area contributed by atoms with Gasteiger partial charge in [0.05, 0.1) is 8.95 Å². The smallest absolute Gasteiger partial charge is 0.257 e. The quantitative estimate of drug-likeness (QED) is 0.134. The zero-order valence-corrected chi connectivity index (χ0v) is 27.9. The number of unbranched alkanes of at least 4 members (excludes halogenated alkanes) is 3. The van der Waals surface area contributed by atoms with Crippen LogP contribution in [0.2, 0.25) is 0 Å². The van der Waals surface area contributed by atoms with Gasteiger partial charge in [0, 0.05) is 22.0 Å². The molecule has 4 rings (SSSR count). The average Bonchev–Trinajstić information content (AvgIpc) is 2.93. The third kappa shape index (κ3) is 8.68. The van der Waals surface area contributed by atoms with E-state index in [0.29, 0.717) is 24.6 Å². The molecule has 0 radical (unpaired) electrons. The van der Waals surface area contributed by atoms with E-state index >= 15 is 0 Å². The molecular weight excluding hydrogens is 772 g/mol. The molecule has 0 heterocycles. The van der Waals surface area contributed by atoms with Crippen molar-refractivity contribution in [2.45, 2.75) is 25.7 Å². The van der Waals surface area contributed by atoms with Gasteiger partial charge >= 0.3 is 0 Å². The van der Waals surface area contributed by atoms with Gasteiger partial charge in [-0.2, -0.15) is 0 Å². The summed E-state index contributed by atoms with van der Waals surface area (Å²) in [5.74, 6) is 0.966. The summed E-state index contributed by atoms with van der Waals surface area (Å²) in [4.78, 5) is 24.4. The Bertz CT molecular complexity index is 1400. The molecule has 0 atom stereocenters. The lowest BCUT2D eigenvalue weighted by Gasteiger charge is -2.11. The maximum absolute atomic E-state index is 12.2. The third-order valence-electron chi connectivity index (χ3n) is 6.23. The molecule has 6 nitrogen and oxygen atoms in total. The molecule has 0 saturated carbocycles. The lowest BCUT2D eigenvalue weighted by atomic mass is 10.1. The minimum Gasteiger partial charge on any atom is -0.483 e. The molecular formula is C30H28Br4N2O4. The summed E-state index contributed by atoms with van der Waals surface area (Å²) >= 11 is 14.1. The number of fused-ring (bicyclic) bond motifs is 2. The Hall–Kier alpha value is -2.14. The molecule has 0 bridgehead atoms. The minimum atomic E-state index is -0.152. The zero-order valence-electron chi connectivity index (χ0n) is 21.6. The second-order valence-corrected chi connectivity index (χ2v) is 12.6. The molecule has 4 aromatic carbocycles. The van der Waals surface area contributed by atoms with Crippen molar-refractivity contribution in [3.05, 3.63) is 78.6 Å². The number of hydrogen-bond acceptors (Lipinski definition) is 4. The van der Waals surface area contributed by atoms with Crippen LogP contribution in [-0.4, -0.2) is 38.1 Å². The van der Waals surface area contributed by atoms with Gasteiger partial charge in [-0.1, -0.05) is 69.0 Å². The van der Waals surface area contributed by atoms with Gasteiger partial charge in [-0.3, -0.25) is 9.59 Å². The number of nitrogens with one attached hydrogen (secondary N) is 2. The van der Waals surface area contributed by atoms with Crippen LogP contribution in [0.3, 0.4) is 0 Å². The highest BCUT2D eigenvalue weighted by Gasteiger charge is 2.10. The van der Waals surface area contributed by atoms with Gasteiger partial charge in [-0.25, -0.2) is 0 Å². The summed E-state index contributed by atoms with van der Waals surface area (Å²) in [6.07, 6.45) is 3.65. The first-order valence-electron chi connectivity index (χ1n) is 12.9. The summed E-state index contributed by atoms with van der Waals surface area (Å²) in [5.41, 5.74) is 0. The molecule has 4 aromatic rings. The largest absolute Gasteiger partial charge is 0.483 e. The molecule has 40 heavy (non-hydrogen) atoms. The number of ether oxygens (including phenoxy) is 2. The van der Waals surface area contributed by atoms with E-state index in [4.69, 9.17) is 9.47 Å². The van der Waals surface area contributed by atoms with Gasteiger partial charge in [0.2, 0.25) is 0 Å². The summed E-state index contributed by atoms with van der Waals surface area (Å²) < 4.78 is 15.1. The number of rotatable bonds is 13. The zero-order chi connectivity index (χ0) is 28.5. The van der Waals surface area contributed by atoms with E-state index in [-0.39, 0.29) is 25.0 Å². The van der Waals surface area contributed by atoms with Crippen LogP contribution in [0.1, 0.15) is 25.7 Å². The van der Waals surface area contributed by atoms with E-state index < -0.39 is 0 Å². The lowest BCUT2D eigenvalue weighted by Crippen LogP contribution is -2.30. The summed E-state index contributed by atoms with van der Waals surface area (Å²) in [7, 11) is 0. The Morgan fingerprint density at radius 3 is 1.43 bits per heavy atom. The molecule has 10 heteroatoms. The lowest BCUT2D eigenvalue weighted by molar-refractivity contribution is -0.123. The summed E-state index contributed by atoms with van der Waals surface area (Å²) in [5, 5.41) is 10.0. The van der Waals surface area contributed by atoms with Crippen molar-refractivity contribution in [1.82, 2.24) is 10.6 Å². The Morgan fingerprint density at radius 1 is 0.575 bits per heavy atom. The maximum atomic E-state index is 12.2. The molecule has 0 saturated heterocycles. The Balaban J connectivity index is 1.05. The van der Waals surface area contributed by atoms with E-state index in [1.54, 1.807) is 0 Å². The van der Waals surface area contributed by atoms with Crippen molar-refractivity contribution in [1.29, 1.82) is 0 Å². The second kappa shape index (κ2) is 15.2. The summed E-state index contributed by atoms with van der Waals surface area (Å²) in [6, 6.07) is 19.7. The number of halogens is 4. The van der Waals surface area contributed by atoms with E-state index in [2.05, 4.69) is 74.4 Å². The van der Waals surface area contributed by atoms with E-state index in [1.807, 2.05) is 60.7 Å². The van der Waals surface area contributed by atoms with Crippen LogP contribution < -0.4 is 20.1 Å². The van der Waals surface area contributed by atoms with E-state index in [0.717, 1.165) is 65.1 Å². The van der Waals surface area contributed by atoms with Gasteiger partial charge in [-0.05, 0) is 103 Å². The van der Waals surface area contributed by atoms with Crippen LogP contribution in [0, 0.1) is 0 Å². The Labute approximate surface area is 267 Å². The maximum Gasteiger partial charge on any atom is 0.257 e. The molecule has 0 aliphatic heterocycles. The fraction of sp³-hybridized carbons (Fsp3) is 0.267. The van der Waals surface area contributed by atoms with Crippen LogP contribution in [0.15, 0.2) is 78.6 Å². The Morgan fingerprint density at radius 2 is 1.00 bits per heavy atom. The molecule has 2 amide bonds. The van der Waals surface area contributed by atoms with Gasteiger partial charge in [0.25, 0.3) is 11.8 Å². The molecule has 0 unspecified atom stereocenters. The number of amides is 2. The van der Waals surface area contributed by atoms with Crippen molar-refractivity contribution in [2.24, 2.45) is 0 Å². The van der Waals surface area contributed by atoms with Crippen molar-refractivity contribution in [2.75, 3.05) is 26.3 Å². The number of hydrogen-bond donors (Lipinski definition) is 2. The SMILES string of the molecule is O=C(COc1ccc2cc(Br)ccc2c1Br)NCCCCCCNC(=O)COc1ccc2cc(Br)ccc2c1Br. The predicted octanol–water partition coefficient (Wildman–Crippen LogP) is 8.29. The van der Waals surface area contributed by atoms with Gasteiger partial charge in [-0.15, -0.1) is 0 Å². The van der Waals surface area contributed by atoms with Gasteiger partial charge in [0.15, 0.2) is 13.2 Å². The van der Waals surface area contributed by atoms with Crippen LogP contribution in [0.25, 0.3) is 21.5 Å². The molecule has 0 fully saturated rings. The normalized spacial score (nSPS) is 11.0. The highest BCUT2D eigenvalue weighted by molar-refractivity contribution is 9.11. The first kappa shape index (κ1) is 30.8. The molecule has 0 aliphatic carbocycles. The fourth-order valence-corrected chi connectivity index (χ4v) is 6.13. The fourth-order valence-electron chi connectivity index (χ4n) is 4.16. The highest BCUT2D eigenvalue weighted by atomic mass is 79.9. The molecule has 210 valence electrons. The van der Waals surface area contributed by atoms with Crippen molar-refractivity contribution in [3.8, 4) is 11.5 Å². The van der Waals surface area contributed by atoms with Crippen molar-refractivity contribution in [3.63, 3.8) is 0 Å². The molecule has 0 aliphatic rings. The minimum absolute atomic E-state index is 0.0394. The Kier molecular flexibility index (Phi) is 11.7. The van der Waals surface area contributed by atoms with Crippen LogP contribution >= 0.6 is 63.7 Å². The monoisotopic (exact) mass is 796 g/mol. The first-order chi connectivity index (χ1) is 19.3. The number of carbonyl (C=O) groups is 2. The second-order valence-electron chi connectivity index (χ2n) is 9.18. The van der Waals surface area contributed by atoms with Crippen LogP contribution in [0.4, 0.5) is 0 Å². The number of benzene rings is 4. The van der Waals surface area contributed by atoms with Crippen LogP contribution in [-0.2, 0) is 9.59 Å². The topological polar surface area (TPSA) is 76.7 Å². The van der Waals surface area contributed by atoms with E-state index in [9.17, 15) is 9.59 Å². The van der Waals surface area contributed by atoms with Gasteiger partial charge < -0.3 is 20.1 Å². The average molecular weight is 800 g/mol. The molecule has 0 spiro atoms. The third-order valence-corrected chi connectivity index (χ3v) is 8.85. The first-order valence-corrected chi connectivity index (χ1v) is 16.0. The van der Waals surface area contributed by atoms with E-state index in [1.165, 1.54) is 0 Å². The summed E-state index contributed by atoms with van der Waals surface area (Å²) in [6.45, 7) is 1.10. The van der Waals surface area contributed by atoms with Crippen molar-refractivity contribution < 1.29 is 19.1 Å².